The molecule has 2 N–H and O–H groups in total. The van der Waals surface area contributed by atoms with Gasteiger partial charge in [-0.15, -0.1) is 0 Å². The molecule has 0 bridgehead atoms. The van der Waals surface area contributed by atoms with Crippen molar-refractivity contribution in [3.63, 3.8) is 0 Å². The fraction of sp³-hybridized carbons (Fsp3) is 0.294. The molecule has 1 aliphatic rings. The fourth-order valence-electron chi connectivity index (χ4n) is 3.05. The molecule has 96 valence electrons. The van der Waals surface area contributed by atoms with E-state index in [1.54, 1.807) is 0 Å². The van der Waals surface area contributed by atoms with Gasteiger partial charge in [0.2, 0.25) is 0 Å². The molecule has 0 aliphatic heterocycles. The molecule has 0 spiro atoms. The number of hydrogen-bond acceptors (Lipinski definition) is 2. The molecule has 1 heterocycles. The van der Waals surface area contributed by atoms with Gasteiger partial charge < -0.3 is 10.2 Å². The third kappa shape index (κ3) is 1.67. The second kappa shape index (κ2) is 3.84. The first-order chi connectivity index (χ1) is 9.24. The molecule has 1 aromatic heterocycles. The molecule has 4 rings (SSSR count). The number of fused-ring (bicyclic) bond motifs is 3. The highest BCUT2D eigenvalue weighted by atomic mass is 16.3. The first kappa shape index (κ1) is 11.1. The summed E-state index contributed by atoms with van der Waals surface area (Å²) in [5.74, 6) is 1.42. The van der Waals surface area contributed by atoms with Gasteiger partial charge in [-0.25, -0.2) is 0 Å². The van der Waals surface area contributed by atoms with Crippen LogP contribution in [-0.2, 0) is 0 Å². The fourth-order valence-corrected chi connectivity index (χ4v) is 3.05. The Morgan fingerprint density at radius 3 is 2.63 bits per heavy atom. The first-order valence-corrected chi connectivity index (χ1v) is 6.91. The number of benzene rings is 2. The van der Waals surface area contributed by atoms with Crippen LogP contribution in [0.1, 0.15) is 24.9 Å². The van der Waals surface area contributed by atoms with Crippen molar-refractivity contribution in [2.24, 2.45) is 17.6 Å². The predicted molar refractivity (Wildman–Crippen MR) is 77.9 cm³/mol. The summed E-state index contributed by atoms with van der Waals surface area (Å²) in [5, 5.41) is 2.35. The van der Waals surface area contributed by atoms with E-state index >= 15 is 0 Å². The van der Waals surface area contributed by atoms with Crippen LogP contribution in [0, 0.1) is 11.8 Å². The van der Waals surface area contributed by atoms with E-state index in [1.807, 2.05) is 18.2 Å². The Morgan fingerprint density at radius 2 is 1.84 bits per heavy atom. The highest BCUT2D eigenvalue weighted by molar-refractivity contribution is 6.05. The summed E-state index contributed by atoms with van der Waals surface area (Å²) in [6, 6.07) is 14.7. The lowest BCUT2D eigenvalue weighted by molar-refractivity contribution is 0.593. The van der Waals surface area contributed by atoms with Crippen LogP contribution in [-0.4, -0.2) is 0 Å². The lowest BCUT2D eigenvalue weighted by Crippen LogP contribution is -2.13. The van der Waals surface area contributed by atoms with Crippen molar-refractivity contribution in [3.05, 3.63) is 48.0 Å². The SMILES string of the molecule is CC1CC1C(N)c1ccc2oc3ccccc3c2c1. The Hall–Kier alpha value is -1.80. The van der Waals surface area contributed by atoms with Gasteiger partial charge in [-0.1, -0.05) is 31.2 Å². The van der Waals surface area contributed by atoms with E-state index in [0.717, 1.165) is 17.1 Å². The highest BCUT2D eigenvalue weighted by Crippen LogP contribution is 2.46. The van der Waals surface area contributed by atoms with Crippen LogP contribution in [0.2, 0.25) is 0 Å². The van der Waals surface area contributed by atoms with Crippen LogP contribution in [0.4, 0.5) is 0 Å². The zero-order valence-electron chi connectivity index (χ0n) is 11.0. The molecule has 1 aliphatic carbocycles. The molecule has 0 amide bonds. The number of para-hydroxylation sites is 1. The summed E-state index contributed by atoms with van der Waals surface area (Å²) >= 11 is 0. The average Bonchev–Trinajstić information content (AvgIpc) is 3.05. The largest absolute Gasteiger partial charge is 0.456 e. The Bertz CT molecular complexity index is 758. The second-order valence-electron chi connectivity index (χ2n) is 5.76. The third-order valence-corrected chi connectivity index (χ3v) is 4.42. The van der Waals surface area contributed by atoms with Crippen LogP contribution < -0.4 is 5.73 Å². The molecular weight excluding hydrogens is 234 g/mol. The molecule has 3 unspecified atom stereocenters. The minimum atomic E-state index is 0.160. The first-order valence-electron chi connectivity index (χ1n) is 6.91. The van der Waals surface area contributed by atoms with Crippen LogP contribution in [0.3, 0.4) is 0 Å². The van der Waals surface area contributed by atoms with Crippen LogP contribution in [0.5, 0.6) is 0 Å². The van der Waals surface area contributed by atoms with Crippen molar-refractivity contribution in [1.29, 1.82) is 0 Å². The van der Waals surface area contributed by atoms with E-state index in [1.165, 1.54) is 22.8 Å². The molecule has 3 aromatic rings. The summed E-state index contributed by atoms with van der Waals surface area (Å²) in [7, 11) is 0. The molecule has 2 heteroatoms. The number of nitrogens with two attached hydrogens (primary N) is 1. The van der Waals surface area contributed by atoms with Crippen LogP contribution >= 0.6 is 0 Å². The van der Waals surface area contributed by atoms with Crippen LogP contribution in [0.25, 0.3) is 21.9 Å². The van der Waals surface area contributed by atoms with Gasteiger partial charge in [-0.2, -0.15) is 0 Å². The van der Waals surface area contributed by atoms with Gasteiger partial charge in [0.15, 0.2) is 0 Å². The molecule has 1 saturated carbocycles. The van der Waals surface area contributed by atoms with Gasteiger partial charge in [0.25, 0.3) is 0 Å². The number of hydrogen-bond donors (Lipinski definition) is 1. The van der Waals surface area contributed by atoms with Crippen molar-refractivity contribution in [2.75, 3.05) is 0 Å². The quantitative estimate of drug-likeness (QED) is 0.739. The van der Waals surface area contributed by atoms with Crippen molar-refractivity contribution < 1.29 is 4.42 Å². The normalized spacial score (nSPS) is 23.9. The molecule has 0 saturated heterocycles. The molecule has 19 heavy (non-hydrogen) atoms. The minimum absolute atomic E-state index is 0.160. The van der Waals surface area contributed by atoms with Gasteiger partial charge in [0.05, 0.1) is 0 Å². The van der Waals surface area contributed by atoms with Gasteiger partial charge in [-0.05, 0) is 42.0 Å². The van der Waals surface area contributed by atoms with Gasteiger partial charge in [0, 0.05) is 16.8 Å². The number of furan rings is 1. The summed E-state index contributed by atoms with van der Waals surface area (Å²) in [6.07, 6.45) is 1.26. The molecule has 3 atom stereocenters. The van der Waals surface area contributed by atoms with Gasteiger partial charge in [-0.3, -0.25) is 0 Å². The van der Waals surface area contributed by atoms with Crippen molar-refractivity contribution in [2.45, 2.75) is 19.4 Å². The highest BCUT2D eigenvalue weighted by Gasteiger charge is 2.38. The minimum Gasteiger partial charge on any atom is -0.456 e. The molecule has 0 radical (unpaired) electrons. The predicted octanol–water partition coefficient (Wildman–Crippen LogP) is 4.24. The summed E-state index contributed by atoms with van der Waals surface area (Å²) in [4.78, 5) is 0. The van der Waals surface area contributed by atoms with E-state index in [2.05, 4.69) is 31.2 Å². The summed E-state index contributed by atoms with van der Waals surface area (Å²) < 4.78 is 5.84. The lowest BCUT2D eigenvalue weighted by Gasteiger charge is -2.11. The van der Waals surface area contributed by atoms with Crippen molar-refractivity contribution in [3.8, 4) is 0 Å². The number of rotatable bonds is 2. The van der Waals surface area contributed by atoms with E-state index in [0.29, 0.717) is 5.92 Å². The van der Waals surface area contributed by atoms with Gasteiger partial charge >= 0.3 is 0 Å². The van der Waals surface area contributed by atoms with E-state index in [9.17, 15) is 0 Å². The maximum atomic E-state index is 6.36. The zero-order chi connectivity index (χ0) is 13.0. The van der Waals surface area contributed by atoms with Crippen molar-refractivity contribution in [1.82, 2.24) is 0 Å². The topological polar surface area (TPSA) is 39.2 Å². The van der Waals surface area contributed by atoms with Crippen LogP contribution in [0.15, 0.2) is 46.9 Å². The third-order valence-electron chi connectivity index (χ3n) is 4.42. The maximum Gasteiger partial charge on any atom is 0.135 e. The smallest absolute Gasteiger partial charge is 0.135 e. The molecular formula is C17H17NO. The van der Waals surface area contributed by atoms with E-state index in [4.69, 9.17) is 10.2 Å². The zero-order valence-corrected chi connectivity index (χ0v) is 11.0. The summed E-state index contributed by atoms with van der Waals surface area (Å²) in [6.45, 7) is 2.27. The van der Waals surface area contributed by atoms with Gasteiger partial charge in [0.1, 0.15) is 11.2 Å². The standard InChI is InChI=1S/C17H17NO/c1-10-8-13(10)17(18)11-6-7-16-14(9-11)12-4-2-3-5-15(12)19-16/h2-7,9-10,13,17H,8,18H2,1H3. The Morgan fingerprint density at radius 1 is 1.11 bits per heavy atom. The average molecular weight is 251 g/mol. The Balaban J connectivity index is 1.87. The molecule has 1 fully saturated rings. The molecule has 2 nitrogen and oxygen atoms in total. The lowest BCUT2D eigenvalue weighted by atomic mass is 10.00. The van der Waals surface area contributed by atoms with Crippen molar-refractivity contribution >= 4 is 21.9 Å². The second-order valence-corrected chi connectivity index (χ2v) is 5.76. The maximum absolute atomic E-state index is 6.36. The van der Waals surface area contributed by atoms with E-state index in [-0.39, 0.29) is 6.04 Å². The molecule has 2 aromatic carbocycles. The Kier molecular flexibility index (Phi) is 2.24. The monoisotopic (exact) mass is 251 g/mol. The van der Waals surface area contributed by atoms with E-state index < -0.39 is 0 Å². The Labute approximate surface area is 112 Å². The summed E-state index contributed by atoms with van der Waals surface area (Å²) in [5.41, 5.74) is 9.49.